The minimum absolute atomic E-state index is 0.712. The highest BCUT2D eigenvalue weighted by atomic mass is 32.9. The van der Waals surface area contributed by atoms with Gasteiger partial charge < -0.3 is 4.52 Å². The predicted octanol–water partition coefficient (Wildman–Crippen LogP) is 4.45. The Morgan fingerprint density at radius 1 is 1.27 bits per heavy atom. The molecule has 0 saturated heterocycles. The van der Waals surface area contributed by atoms with Crippen LogP contribution in [0.2, 0.25) is 0 Å². The summed E-state index contributed by atoms with van der Waals surface area (Å²) in [5.41, 5.74) is -0.409. The zero-order valence-electron chi connectivity index (χ0n) is 9.40. The topological polar surface area (TPSA) is 9.23 Å². The van der Waals surface area contributed by atoms with E-state index in [9.17, 15) is 0 Å². The van der Waals surface area contributed by atoms with Crippen molar-refractivity contribution in [3.05, 3.63) is 29.8 Å². The lowest BCUT2D eigenvalue weighted by atomic mass is 10.2. The Morgan fingerprint density at radius 2 is 1.87 bits per heavy atom. The summed E-state index contributed by atoms with van der Waals surface area (Å²) in [6.07, 6.45) is 0.939. The Balaban J connectivity index is 2.75. The fraction of sp³-hybridized carbons (Fsp3) is 0.455. The van der Waals surface area contributed by atoms with Gasteiger partial charge >= 0.3 is 0 Å². The van der Waals surface area contributed by atoms with Crippen LogP contribution in [0.4, 0.5) is 0 Å². The van der Waals surface area contributed by atoms with Crippen molar-refractivity contribution in [3.8, 4) is 0 Å². The second-order valence-electron chi connectivity index (χ2n) is 3.25. The van der Waals surface area contributed by atoms with Crippen LogP contribution >= 0.6 is 16.8 Å². The highest BCUT2D eigenvalue weighted by molar-refractivity contribution is 8.69. The molecule has 0 N–H and O–H groups in total. The summed E-state index contributed by atoms with van der Waals surface area (Å²) in [5.74, 6) is 0. The number of aryl methyl sites for hydroxylation is 1. The Hall–Kier alpha value is 0.180. The van der Waals surface area contributed by atoms with Crippen LogP contribution in [0.5, 0.6) is 0 Å². The molecule has 84 valence electrons. The van der Waals surface area contributed by atoms with Crippen LogP contribution in [-0.4, -0.2) is 12.8 Å². The Kier molecular flexibility index (Phi) is 5.34. The molecule has 0 amide bonds. The summed E-state index contributed by atoms with van der Waals surface area (Å²) in [6, 6.07) is 8.47. The van der Waals surface area contributed by atoms with Gasteiger partial charge in [0, 0.05) is 17.7 Å². The normalized spacial score (nSPS) is 14.9. The summed E-state index contributed by atoms with van der Waals surface area (Å²) in [4.78, 5) is 1.22. The SMILES string of the molecule is CCOP(=S)(CC)Sc1ccc(C)cc1. The smallest absolute Gasteiger partial charge is 0.123 e. The summed E-state index contributed by atoms with van der Waals surface area (Å²) < 4.78 is 5.70. The first-order valence-electron chi connectivity index (χ1n) is 5.09. The molecule has 0 spiro atoms. The van der Waals surface area contributed by atoms with Crippen LogP contribution in [-0.2, 0) is 16.3 Å². The molecule has 0 aliphatic heterocycles. The molecule has 0 aliphatic rings. The van der Waals surface area contributed by atoms with E-state index in [1.807, 2.05) is 6.92 Å². The highest BCUT2D eigenvalue weighted by Crippen LogP contribution is 2.62. The molecule has 0 radical (unpaired) electrons. The number of hydrogen-bond donors (Lipinski definition) is 0. The fourth-order valence-electron chi connectivity index (χ4n) is 1.14. The van der Waals surface area contributed by atoms with Gasteiger partial charge in [-0.2, -0.15) is 0 Å². The van der Waals surface area contributed by atoms with E-state index in [1.54, 1.807) is 11.4 Å². The van der Waals surface area contributed by atoms with Gasteiger partial charge in [0.2, 0.25) is 0 Å². The van der Waals surface area contributed by atoms with Crippen molar-refractivity contribution in [1.82, 2.24) is 0 Å². The average Bonchev–Trinajstić information content (AvgIpc) is 2.22. The van der Waals surface area contributed by atoms with Crippen LogP contribution in [0.3, 0.4) is 0 Å². The van der Waals surface area contributed by atoms with E-state index in [0.29, 0.717) is 6.61 Å². The minimum atomic E-state index is -1.69. The van der Waals surface area contributed by atoms with Crippen molar-refractivity contribution in [3.63, 3.8) is 0 Å². The van der Waals surface area contributed by atoms with Gasteiger partial charge in [0.05, 0.1) is 0 Å². The zero-order valence-corrected chi connectivity index (χ0v) is 11.9. The molecule has 0 bridgehead atoms. The van der Waals surface area contributed by atoms with Gasteiger partial charge in [-0.3, -0.25) is 0 Å². The molecule has 15 heavy (non-hydrogen) atoms. The Bertz CT molecular complexity index is 348. The average molecular weight is 260 g/mol. The maximum atomic E-state index is 5.70. The monoisotopic (exact) mass is 260 g/mol. The van der Waals surface area contributed by atoms with Crippen molar-refractivity contribution in [2.45, 2.75) is 25.7 Å². The lowest BCUT2D eigenvalue weighted by molar-refractivity contribution is 0.385. The molecule has 1 unspecified atom stereocenters. The summed E-state index contributed by atoms with van der Waals surface area (Å²) >= 11 is 7.30. The Morgan fingerprint density at radius 3 is 2.33 bits per heavy atom. The van der Waals surface area contributed by atoms with Crippen molar-refractivity contribution in [1.29, 1.82) is 0 Å². The third-order valence-electron chi connectivity index (χ3n) is 1.98. The molecule has 4 heteroatoms. The summed E-state index contributed by atoms with van der Waals surface area (Å²) in [7, 11) is 0. The van der Waals surface area contributed by atoms with Crippen molar-refractivity contribution < 1.29 is 4.52 Å². The fourth-order valence-corrected chi connectivity index (χ4v) is 5.76. The standard InChI is InChI=1S/C11H17OPS2/c1-4-12-13(14,5-2)15-11-8-6-10(3)7-9-11/h6-9H,4-5H2,1-3H3. The first-order chi connectivity index (χ1) is 7.09. The number of rotatable bonds is 5. The van der Waals surface area contributed by atoms with Crippen LogP contribution in [0, 0.1) is 6.92 Å². The minimum Gasteiger partial charge on any atom is -0.341 e. The van der Waals surface area contributed by atoms with Crippen LogP contribution < -0.4 is 0 Å². The van der Waals surface area contributed by atoms with Gasteiger partial charge in [0.15, 0.2) is 0 Å². The lowest BCUT2D eigenvalue weighted by Gasteiger charge is -2.18. The maximum Gasteiger partial charge on any atom is 0.123 e. The van der Waals surface area contributed by atoms with Crippen molar-refractivity contribution >= 4 is 28.7 Å². The zero-order chi connectivity index (χ0) is 11.3. The molecule has 0 saturated carbocycles. The largest absolute Gasteiger partial charge is 0.341 e. The van der Waals surface area contributed by atoms with Gasteiger partial charge in [-0.15, -0.1) is 0 Å². The molecule has 1 atom stereocenters. The highest BCUT2D eigenvalue weighted by Gasteiger charge is 2.16. The molecule has 1 rings (SSSR count). The number of benzene rings is 1. The first kappa shape index (κ1) is 13.2. The molecular weight excluding hydrogens is 243 g/mol. The van der Waals surface area contributed by atoms with Crippen molar-refractivity contribution in [2.24, 2.45) is 0 Å². The van der Waals surface area contributed by atoms with E-state index >= 15 is 0 Å². The van der Waals surface area contributed by atoms with E-state index < -0.39 is 5.47 Å². The summed E-state index contributed by atoms with van der Waals surface area (Å²) in [5, 5.41) is 0. The third kappa shape index (κ3) is 4.28. The maximum absolute atomic E-state index is 5.70. The van der Waals surface area contributed by atoms with Gasteiger partial charge in [-0.1, -0.05) is 47.8 Å². The van der Waals surface area contributed by atoms with Gasteiger partial charge in [-0.05, 0) is 26.0 Å². The van der Waals surface area contributed by atoms with Crippen molar-refractivity contribution in [2.75, 3.05) is 12.8 Å². The van der Waals surface area contributed by atoms with E-state index in [4.69, 9.17) is 16.3 Å². The molecule has 0 aromatic heterocycles. The number of hydrogen-bond acceptors (Lipinski definition) is 3. The molecule has 0 heterocycles. The Labute approximate surface area is 101 Å². The molecule has 1 aromatic carbocycles. The molecule has 1 nitrogen and oxygen atoms in total. The summed E-state index contributed by atoms with van der Waals surface area (Å²) in [6.45, 7) is 6.92. The van der Waals surface area contributed by atoms with Crippen LogP contribution in [0.25, 0.3) is 0 Å². The van der Waals surface area contributed by atoms with Crippen LogP contribution in [0.15, 0.2) is 29.2 Å². The van der Waals surface area contributed by atoms with E-state index in [1.165, 1.54) is 10.5 Å². The second kappa shape index (κ2) is 6.05. The predicted molar refractivity (Wildman–Crippen MR) is 73.5 cm³/mol. The molecule has 0 aliphatic carbocycles. The quantitative estimate of drug-likeness (QED) is 0.724. The second-order valence-corrected chi connectivity index (χ2v) is 10.8. The van der Waals surface area contributed by atoms with E-state index in [0.717, 1.165) is 6.16 Å². The van der Waals surface area contributed by atoms with E-state index in [2.05, 4.69) is 38.1 Å². The molecule has 1 aromatic rings. The first-order valence-corrected chi connectivity index (χ1v) is 9.42. The lowest BCUT2D eigenvalue weighted by Crippen LogP contribution is -1.88. The van der Waals surface area contributed by atoms with E-state index in [-0.39, 0.29) is 0 Å². The van der Waals surface area contributed by atoms with Gasteiger partial charge in [0.25, 0.3) is 0 Å². The molecular formula is C11H17OPS2. The third-order valence-corrected chi connectivity index (χ3v) is 8.49. The van der Waals surface area contributed by atoms with Crippen LogP contribution in [0.1, 0.15) is 19.4 Å². The van der Waals surface area contributed by atoms with Gasteiger partial charge in [0.1, 0.15) is 5.47 Å². The molecule has 0 fully saturated rings. The van der Waals surface area contributed by atoms with Gasteiger partial charge in [-0.25, -0.2) is 0 Å².